The van der Waals surface area contributed by atoms with E-state index >= 15 is 0 Å². The first-order chi connectivity index (χ1) is 18.4. The standard InChI is InChI=1S/C27H31N5O6/c1-37-22-9-5-19(6-10-22)17-30(18-20-7-11-23(38-2)12-8-20)26-25(32(35)36)24(13-14-28-26)29-16-21-4-3-15-31(21)27(33)34/h5-14,21H,3-4,15-18H2,1-2H3,(H,28,29)(H,33,34). The van der Waals surface area contributed by atoms with E-state index in [1.165, 1.54) is 11.1 Å². The fraction of sp³-hybridized carbons (Fsp3) is 0.333. The van der Waals surface area contributed by atoms with Crippen LogP contribution in [0.5, 0.6) is 11.5 Å². The van der Waals surface area contributed by atoms with Gasteiger partial charge in [0.05, 0.1) is 25.2 Å². The van der Waals surface area contributed by atoms with Crippen molar-refractivity contribution >= 4 is 23.3 Å². The minimum atomic E-state index is -0.982. The van der Waals surface area contributed by atoms with Crippen LogP contribution in [-0.2, 0) is 13.1 Å². The summed E-state index contributed by atoms with van der Waals surface area (Å²) in [7, 11) is 3.19. The normalized spacial score (nSPS) is 14.7. The molecule has 38 heavy (non-hydrogen) atoms. The number of hydrogen-bond donors (Lipinski definition) is 2. The van der Waals surface area contributed by atoms with Crippen LogP contribution in [0.1, 0.15) is 24.0 Å². The van der Waals surface area contributed by atoms with Crippen LogP contribution in [0.2, 0.25) is 0 Å². The van der Waals surface area contributed by atoms with Crippen molar-refractivity contribution in [3.05, 3.63) is 82.0 Å². The van der Waals surface area contributed by atoms with Gasteiger partial charge in [-0.25, -0.2) is 9.78 Å². The van der Waals surface area contributed by atoms with E-state index in [4.69, 9.17) is 9.47 Å². The molecular weight excluding hydrogens is 490 g/mol. The Hall–Kier alpha value is -4.54. The zero-order valence-corrected chi connectivity index (χ0v) is 21.4. The van der Waals surface area contributed by atoms with Gasteiger partial charge >= 0.3 is 11.8 Å². The zero-order valence-electron chi connectivity index (χ0n) is 21.4. The van der Waals surface area contributed by atoms with Crippen molar-refractivity contribution in [2.75, 3.05) is 37.5 Å². The van der Waals surface area contributed by atoms with E-state index in [0.717, 1.165) is 17.5 Å². The van der Waals surface area contributed by atoms with Crippen LogP contribution in [0.25, 0.3) is 0 Å². The summed E-state index contributed by atoms with van der Waals surface area (Å²) in [6.07, 6.45) is 2.01. The highest BCUT2D eigenvalue weighted by molar-refractivity contribution is 5.74. The van der Waals surface area contributed by atoms with Gasteiger partial charge in [-0.2, -0.15) is 0 Å². The largest absolute Gasteiger partial charge is 0.497 e. The Morgan fingerprint density at radius 2 is 1.66 bits per heavy atom. The number of nitro groups is 1. The summed E-state index contributed by atoms with van der Waals surface area (Å²) in [5.74, 6) is 1.65. The lowest BCUT2D eigenvalue weighted by Crippen LogP contribution is -2.38. The van der Waals surface area contributed by atoms with Gasteiger partial charge in [-0.1, -0.05) is 24.3 Å². The van der Waals surface area contributed by atoms with Gasteiger partial charge in [-0.3, -0.25) is 10.1 Å². The summed E-state index contributed by atoms with van der Waals surface area (Å²) >= 11 is 0. The zero-order chi connectivity index (χ0) is 27.1. The van der Waals surface area contributed by atoms with E-state index in [0.29, 0.717) is 43.2 Å². The maximum atomic E-state index is 12.3. The molecule has 2 aromatic carbocycles. The van der Waals surface area contributed by atoms with E-state index in [1.807, 2.05) is 53.4 Å². The van der Waals surface area contributed by atoms with Crippen molar-refractivity contribution in [2.24, 2.45) is 0 Å². The number of carboxylic acid groups (broad SMARTS) is 1. The average molecular weight is 522 g/mol. The maximum Gasteiger partial charge on any atom is 0.407 e. The van der Waals surface area contributed by atoms with Crippen LogP contribution in [-0.4, -0.2) is 59.4 Å². The molecular formula is C27H31N5O6. The first-order valence-corrected chi connectivity index (χ1v) is 12.3. The Kier molecular flexibility index (Phi) is 8.47. The molecule has 4 rings (SSSR count). The first-order valence-electron chi connectivity index (χ1n) is 12.3. The van der Waals surface area contributed by atoms with E-state index < -0.39 is 11.0 Å². The molecule has 1 aliphatic rings. The molecule has 2 N–H and O–H groups in total. The molecule has 1 amide bonds. The van der Waals surface area contributed by atoms with Crippen molar-refractivity contribution < 1.29 is 24.3 Å². The van der Waals surface area contributed by atoms with Gasteiger partial charge in [0.1, 0.15) is 17.2 Å². The fourth-order valence-corrected chi connectivity index (χ4v) is 4.63. The number of carbonyl (C=O) groups is 1. The number of nitrogens with zero attached hydrogens (tertiary/aromatic N) is 4. The van der Waals surface area contributed by atoms with Gasteiger partial charge < -0.3 is 29.7 Å². The van der Waals surface area contributed by atoms with Crippen molar-refractivity contribution in [2.45, 2.75) is 32.0 Å². The van der Waals surface area contributed by atoms with Crippen LogP contribution < -0.4 is 19.7 Å². The SMILES string of the molecule is COc1ccc(CN(Cc2ccc(OC)cc2)c2nccc(NCC3CCCN3C(=O)O)c2[N+](=O)[O-])cc1. The van der Waals surface area contributed by atoms with E-state index in [-0.39, 0.29) is 24.1 Å². The van der Waals surface area contributed by atoms with Gasteiger partial charge in [0.15, 0.2) is 0 Å². The van der Waals surface area contributed by atoms with Crippen LogP contribution in [0.3, 0.4) is 0 Å². The molecule has 1 aliphatic heterocycles. The topological polar surface area (TPSA) is 130 Å². The Morgan fingerprint density at radius 1 is 1.08 bits per heavy atom. The number of nitrogens with one attached hydrogen (secondary N) is 1. The molecule has 1 aromatic heterocycles. The summed E-state index contributed by atoms with van der Waals surface area (Å²) in [6, 6.07) is 16.3. The average Bonchev–Trinajstić information content (AvgIpc) is 3.41. The minimum absolute atomic E-state index is 0.158. The van der Waals surface area contributed by atoms with Crippen molar-refractivity contribution in [3.63, 3.8) is 0 Å². The fourth-order valence-electron chi connectivity index (χ4n) is 4.63. The van der Waals surface area contributed by atoms with Gasteiger partial charge in [0.2, 0.25) is 5.82 Å². The lowest BCUT2D eigenvalue weighted by atomic mass is 10.1. The smallest absolute Gasteiger partial charge is 0.407 e. The predicted octanol–water partition coefficient (Wildman–Crippen LogP) is 4.77. The number of methoxy groups -OCH3 is 2. The Morgan fingerprint density at radius 3 is 2.16 bits per heavy atom. The molecule has 1 saturated heterocycles. The lowest BCUT2D eigenvalue weighted by molar-refractivity contribution is -0.383. The molecule has 3 aromatic rings. The molecule has 11 nitrogen and oxygen atoms in total. The number of pyridine rings is 1. The summed E-state index contributed by atoms with van der Waals surface area (Å²) in [4.78, 5) is 31.1. The molecule has 11 heteroatoms. The molecule has 0 saturated carbocycles. The molecule has 1 atom stereocenters. The third-order valence-electron chi connectivity index (χ3n) is 6.60. The Labute approximate surface area is 220 Å². The van der Waals surface area contributed by atoms with Crippen LogP contribution in [0.15, 0.2) is 60.8 Å². The third kappa shape index (κ3) is 6.23. The van der Waals surface area contributed by atoms with Crippen LogP contribution in [0.4, 0.5) is 22.0 Å². The molecule has 200 valence electrons. The summed E-state index contributed by atoms with van der Waals surface area (Å²) in [5.41, 5.74) is 2.00. The lowest BCUT2D eigenvalue weighted by Gasteiger charge is -2.25. The van der Waals surface area contributed by atoms with Gasteiger partial charge in [0.25, 0.3) is 0 Å². The van der Waals surface area contributed by atoms with Gasteiger partial charge in [0, 0.05) is 32.4 Å². The van der Waals surface area contributed by atoms with E-state index in [9.17, 15) is 20.0 Å². The number of rotatable bonds is 11. The molecule has 1 fully saturated rings. The van der Waals surface area contributed by atoms with Crippen LogP contribution >= 0.6 is 0 Å². The second-order valence-corrected chi connectivity index (χ2v) is 8.99. The van der Waals surface area contributed by atoms with Gasteiger partial charge in [-0.15, -0.1) is 0 Å². The summed E-state index contributed by atoms with van der Waals surface area (Å²) in [6.45, 7) is 1.46. The second kappa shape index (κ2) is 12.1. The van der Waals surface area contributed by atoms with Crippen molar-refractivity contribution in [1.29, 1.82) is 0 Å². The maximum absolute atomic E-state index is 12.3. The van der Waals surface area contributed by atoms with E-state index in [2.05, 4.69) is 10.3 Å². The number of amides is 1. The monoisotopic (exact) mass is 521 g/mol. The van der Waals surface area contributed by atoms with Crippen molar-refractivity contribution in [1.82, 2.24) is 9.88 Å². The number of benzene rings is 2. The van der Waals surface area contributed by atoms with Crippen molar-refractivity contribution in [3.8, 4) is 11.5 Å². The molecule has 1 unspecified atom stereocenters. The number of hydrogen-bond acceptors (Lipinski definition) is 8. The predicted molar refractivity (Wildman–Crippen MR) is 143 cm³/mol. The Bertz CT molecular complexity index is 1200. The molecule has 2 heterocycles. The molecule has 0 bridgehead atoms. The third-order valence-corrected chi connectivity index (χ3v) is 6.60. The highest BCUT2D eigenvalue weighted by Gasteiger charge is 2.30. The number of ether oxygens (including phenoxy) is 2. The molecule has 0 aliphatic carbocycles. The highest BCUT2D eigenvalue weighted by atomic mass is 16.6. The second-order valence-electron chi connectivity index (χ2n) is 8.99. The molecule has 0 spiro atoms. The van der Waals surface area contributed by atoms with Gasteiger partial charge in [-0.05, 0) is 54.3 Å². The number of aromatic nitrogens is 1. The first kappa shape index (κ1) is 26.5. The minimum Gasteiger partial charge on any atom is -0.497 e. The summed E-state index contributed by atoms with van der Waals surface area (Å²) < 4.78 is 10.5. The van der Waals surface area contributed by atoms with Crippen LogP contribution in [0, 0.1) is 10.1 Å². The number of anilines is 2. The quantitative estimate of drug-likeness (QED) is 0.271. The molecule has 0 radical (unpaired) electrons. The van der Waals surface area contributed by atoms with E-state index in [1.54, 1.807) is 20.3 Å². The number of likely N-dealkylation sites (tertiary alicyclic amines) is 1. The Balaban J connectivity index is 1.66. The summed E-state index contributed by atoms with van der Waals surface area (Å²) in [5, 5.41) is 24.9. The highest BCUT2D eigenvalue weighted by Crippen LogP contribution is 2.35.